The molecule has 2 fully saturated rings. The molecule has 3 nitrogen and oxygen atoms in total. The summed E-state index contributed by atoms with van der Waals surface area (Å²) in [7, 11) is 0. The highest BCUT2D eigenvalue weighted by molar-refractivity contribution is 5.89. The molecule has 1 unspecified atom stereocenters. The van der Waals surface area contributed by atoms with Crippen LogP contribution in [0.15, 0.2) is 5.16 Å². The summed E-state index contributed by atoms with van der Waals surface area (Å²) in [5.41, 5.74) is 1.04. The van der Waals surface area contributed by atoms with Crippen LogP contribution in [0.1, 0.15) is 51.4 Å². The fraction of sp³-hybridized carbons (Fsp3) is 0.917. The molecule has 0 spiro atoms. The van der Waals surface area contributed by atoms with E-state index in [1.54, 1.807) is 0 Å². The molecule has 0 aromatic carbocycles. The highest BCUT2D eigenvalue weighted by Gasteiger charge is 2.26. The van der Waals surface area contributed by atoms with Crippen molar-refractivity contribution in [3.05, 3.63) is 0 Å². The average molecular weight is 210 g/mol. The van der Waals surface area contributed by atoms with Crippen molar-refractivity contribution >= 4 is 5.71 Å². The molecule has 3 heteroatoms. The quantitative estimate of drug-likeness (QED) is 0.533. The molecule has 1 saturated heterocycles. The summed E-state index contributed by atoms with van der Waals surface area (Å²) in [6.45, 7) is 2.40. The van der Waals surface area contributed by atoms with E-state index in [0.717, 1.165) is 12.1 Å². The molecule has 2 rings (SSSR count). The lowest BCUT2D eigenvalue weighted by Gasteiger charge is -2.29. The molecular formula is C12H22N2O. The Morgan fingerprint density at radius 1 is 1.00 bits per heavy atom. The molecule has 1 aliphatic heterocycles. The molecule has 0 amide bonds. The van der Waals surface area contributed by atoms with Crippen molar-refractivity contribution in [2.75, 3.05) is 13.1 Å². The Kier molecular flexibility index (Phi) is 4.01. The molecule has 1 heterocycles. The van der Waals surface area contributed by atoms with Crippen LogP contribution < -0.4 is 0 Å². The van der Waals surface area contributed by atoms with Crippen molar-refractivity contribution in [3.8, 4) is 0 Å². The van der Waals surface area contributed by atoms with E-state index >= 15 is 0 Å². The summed E-state index contributed by atoms with van der Waals surface area (Å²) < 4.78 is 0. The minimum absolute atomic E-state index is 0.442. The third-order valence-electron chi connectivity index (χ3n) is 3.75. The van der Waals surface area contributed by atoms with E-state index in [2.05, 4.69) is 10.1 Å². The van der Waals surface area contributed by atoms with Gasteiger partial charge >= 0.3 is 0 Å². The fourth-order valence-corrected chi connectivity index (χ4v) is 2.89. The summed E-state index contributed by atoms with van der Waals surface area (Å²) in [6.07, 6.45) is 9.96. The Morgan fingerprint density at radius 2 is 1.73 bits per heavy atom. The lowest BCUT2D eigenvalue weighted by atomic mass is 9.94. The average Bonchev–Trinajstić information content (AvgIpc) is 2.71. The second kappa shape index (κ2) is 5.50. The molecule has 86 valence electrons. The highest BCUT2D eigenvalue weighted by Crippen LogP contribution is 2.23. The molecule has 2 aliphatic rings. The van der Waals surface area contributed by atoms with Crippen LogP contribution in [0.2, 0.25) is 0 Å². The molecule has 0 bridgehead atoms. The molecule has 0 aromatic heterocycles. The molecular weight excluding hydrogens is 188 g/mol. The van der Waals surface area contributed by atoms with Gasteiger partial charge in [-0.15, -0.1) is 0 Å². The van der Waals surface area contributed by atoms with Crippen molar-refractivity contribution in [1.29, 1.82) is 0 Å². The molecule has 1 saturated carbocycles. The third kappa shape index (κ3) is 2.71. The lowest BCUT2D eigenvalue weighted by Crippen LogP contribution is -2.39. The van der Waals surface area contributed by atoms with Crippen molar-refractivity contribution < 1.29 is 5.21 Å². The van der Waals surface area contributed by atoms with Crippen LogP contribution in [0.5, 0.6) is 0 Å². The fourth-order valence-electron chi connectivity index (χ4n) is 2.89. The van der Waals surface area contributed by atoms with E-state index in [-0.39, 0.29) is 0 Å². The molecule has 15 heavy (non-hydrogen) atoms. The zero-order chi connectivity index (χ0) is 10.5. The van der Waals surface area contributed by atoms with E-state index in [1.807, 2.05) is 0 Å². The van der Waals surface area contributed by atoms with Crippen LogP contribution in [0, 0.1) is 0 Å². The maximum Gasteiger partial charge on any atom is 0.0742 e. The van der Waals surface area contributed by atoms with E-state index in [4.69, 9.17) is 5.21 Å². The normalized spacial score (nSPS) is 32.8. The summed E-state index contributed by atoms with van der Waals surface area (Å²) >= 11 is 0. The predicted octanol–water partition coefficient (Wildman–Crippen LogP) is 2.64. The van der Waals surface area contributed by atoms with E-state index in [9.17, 15) is 0 Å². The molecule has 1 aliphatic carbocycles. The van der Waals surface area contributed by atoms with Gasteiger partial charge in [-0.3, -0.25) is 4.90 Å². The molecule has 1 N–H and O–H groups in total. The molecule has 1 atom stereocenters. The van der Waals surface area contributed by atoms with Gasteiger partial charge in [-0.2, -0.15) is 0 Å². The molecule has 0 radical (unpaired) electrons. The standard InChI is InChI=1S/C12H22N2O/c15-13-11-7-3-1-2-4-8-12(11)14-9-5-6-10-14/h12,15H,1-10H2/b13-11-. The second-order valence-electron chi connectivity index (χ2n) is 4.80. The Bertz CT molecular complexity index is 222. The van der Waals surface area contributed by atoms with Crippen LogP contribution >= 0.6 is 0 Å². The van der Waals surface area contributed by atoms with Gasteiger partial charge < -0.3 is 5.21 Å². The van der Waals surface area contributed by atoms with Crippen LogP contribution in [-0.2, 0) is 0 Å². The van der Waals surface area contributed by atoms with Gasteiger partial charge in [0.15, 0.2) is 0 Å². The first kappa shape index (κ1) is 10.9. The zero-order valence-electron chi connectivity index (χ0n) is 9.49. The van der Waals surface area contributed by atoms with Crippen molar-refractivity contribution in [2.24, 2.45) is 5.16 Å². The maximum absolute atomic E-state index is 9.10. The van der Waals surface area contributed by atoms with Crippen molar-refractivity contribution in [3.63, 3.8) is 0 Å². The van der Waals surface area contributed by atoms with Gasteiger partial charge in [0.2, 0.25) is 0 Å². The summed E-state index contributed by atoms with van der Waals surface area (Å²) in [5, 5.41) is 12.7. The first-order chi connectivity index (χ1) is 7.42. The number of rotatable bonds is 1. The Labute approximate surface area is 92.1 Å². The first-order valence-corrected chi connectivity index (χ1v) is 6.36. The zero-order valence-corrected chi connectivity index (χ0v) is 9.49. The lowest BCUT2D eigenvalue weighted by molar-refractivity contribution is 0.258. The third-order valence-corrected chi connectivity index (χ3v) is 3.75. The second-order valence-corrected chi connectivity index (χ2v) is 4.80. The van der Waals surface area contributed by atoms with Gasteiger partial charge in [-0.1, -0.05) is 24.4 Å². The van der Waals surface area contributed by atoms with Gasteiger partial charge in [0.25, 0.3) is 0 Å². The van der Waals surface area contributed by atoms with Crippen molar-refractivity contribution in [1.82, 2.24) is 4.90 Å². The number of nitrogens with zero attached hydrogens (tertiary/aromatic N) is 2. The van der Waals surface area contributed by atoms with E-state index < -0.39 is 0 Å². The highest BCUT2D eigenvalue weighted by atomic mass is 16.4. The smallest absolute Gasteiger partial charge is 0.0742 e. The number of likely N-dealkylation sites (tertiary alicyclic amines) is 1. The Balaban J connectivity index is 2.02. The maximum atomic E-state index is 9.10. The topological polar surface area (TPSA) is 35.8 Å². The predicted molar refractivity (Wildman–Crippen MR) is 61.5 cm³/mol. The van der Waals surface area contributed by atoms with Gasteiger partial charge in [0.05, 0.1) is 11.8 Å². The van der Waals surface area contributed by atoms with Crippen LogP contribution in [0.3, 0.4) is 0 Å². The van der Waals surface area contributed by atoms with Crippen molar-refractivity contribution in [2.45, 2.75) is 57.4 Å². The molecule has 0 aromatic rings. The van der Waals surface area contributed by atoms with Gasteiger partial charge in [0, 0.05) is 0 Å². The SMILES string of the molecule is O/N=C1/CCCCCCC1N1CCCC1. The van der Waals surface area contributed by atoms with E-state index in [0.29, 0.717) is 6.04 Å². The van der Waals surface area contributed by atoms with Gasteiger partial charge in [-0.05, 0) is 45.2 Å². The van der Waals surface area contributed by atoms with Crippen LogP contribution in [0.4, 0.5) is 0 Å². The monoisotopic (exact) mass is 210 g/mol. The summed E-state index contributed by atoms with van der Waals surface area (Å²) in [6, 6.07) is 0.442. The first-order valence-electron chi connectivity index (χ1n) is 6.36. The van der Waals surface area contributed by atoms with Crippen LogP contribution in [-0.4, -0.2) is 35.0 Å². The minimum atomic E-state index is 0.442. The number of hydrogen-bond donors (Lipinski definition) is 1. The summed E-state index contributed by atoms with van der Waals surface area (Å²) in [5.74, 6) is 0. The van der Waals surface area contributed by atoms with Gasteiger partial charge in [-0.25, -0.2) is 0 Å². The van der Waals surface area contributed by atoms with Gasteiger partial charge in [0.1, 0.15) is 0 Å². The van der Waals surface area contributed by atoms with Crippen LogP contribution in [0.25, 0.3) is 0 Å². The minimum Gasteiger partial charge on any atom is -0.411 e. The number of hydrogen-bond acceptors (Lipinski definition) is 3. The number of oxime groups is 1. The van der Waals surface area contributed by atoms with E-state index in [1.165, 1.54) is 58.0 Å². The summed E-state index contributed by atoms with van der Waals surface area (Å²) in [4.78, 5) is 2.51. The Hall–Kier alpha value is -0.570. The Morgan fingerprint density at radius 3 is 2.47 bits per heavy atom. The largest absolute Gasteiger partial charge is 0.411 e.